The van der Waals surface area contributed by atoms with E-state index in [9.17, 15) is 4.79 Å². The summed E-state index contributed by atoms with van der Waals surface area (Å²) in [6.07, 6.45) is 0.417. The highest BCUT2D eigenvalue weighted by Gasteiger charge is 2.29. The highest BCUT2D eigenvalue weighted by atomic mass is 16.5. The Labute approximate surface area is 113 Å². The fourth-order valence-electron chi connectivity index (χ4n) is 2.80. The van der Waals surface area contributed by atoms with Crippen molar-refractivity contribution in [1.29, 1.82) is 0 Å². The van der Waals surface area contributed by atoms with Gasteiger partial charge in [-0.25, -0.2) is 0 Å². The van der Waals surface area contributed by atoms with Gasteiger partial charge in [0.25, 0.3) is 0 Å². The molecule has 0 saturated heterocycles. The maximum absolute atomic E-state index is 11.8. The van der Waals surface area contributed by atoms with Gasteiger partial charge in [-0.15, -0.1) is 0 Å². The van der Waals surface area contributed by atoms with Crippen LogP contribution < -0.4 is 4.74 Å². The summed E-state index contributed by atoms with van der Waals surface area (Å²) < 4.78 is 5.43. The average Bonchev–Trinajstić information content (AvgIpc) is 2.40. The molecule has 0 spiro atoms. The molecule has 0 fully saturated rings. The lowest BCUT2D eigenvalue weighted by molar-refractivity contribution is -0.135. The molecule has 1 unspecified atom stereocenters. The van der Waals surface area contributed by atoms with Crippen molar-refractivity contribution >= 4 is 5.97 Å². The zero-order chi connectivity index (χ0) is 13.4. The van der Waals surface area contributed by atoms with E-state index in [4.69, 9.17) is 4.74 Å². The van der Waals surface area contributed by atoms with Gasteiger partial charge in [-0.05, 0) is 25.0 Å². The first kappa shape index (κ1) is 12.0. The van der Waals surface area contributed by atoms with E-state index >= 15 is 0 Å². The number of hydrogen-bond acceptors (Lipinski definition) is 2. The van der Waals surface area contributed by atoms with E-state index in [-0.39, 0.29) is 11.9 Å². The van der Waals surface area contributed by atoms with Gasteiger partial charge in [0.2, 0.25) is 0 Å². The van der Waals surface area contributed by atoms with Crippen molar-refractivity contribution in [3.63, 3.8) is 0 Å². The molecule has 3 rings (SSSR count). The fourth-order valence-corrected chi connectivity index (χ4v) is 2.80. The molecular formula is C17H16O2. The molecule has 0 aromatic heterocycles. The van der Waals surface area contributed by atoms with Gasteiger partial charge in [0.05, 0.1) is 6.42 Å². The highest BCUT2D eigenvalue weighted by molar-refractivity contribution is 5.78. The molecule has 2 aromatic rings. The highest BCUT2D eigenvalue weighted by Crippen LogP contribution is 2.40. The zero-order valence-electron chi connectivity index (χ0n) is 11.1. The Balaban J connectivity index is 2.17. The maximum atomic E-state index is 11.8. The van der Waals surface area contributed by atoms with Crippen LogP contribution in [-0.2, 0) is 4.79 Å². The molecule has 1 heterocycles. The van der Waals surface area contributed by atoms with E-state index in [1.165, 1.54) is 11.1 Å². The Hall–Kier alpha value is -2.09. The lowest BCUT2D eigenvalue weighted by atomic mass is 9.84. The summed E-state index contributed by atoms with van der Waals surface area (Å²) in [5.41, 5.74) is 4.54. The molecule has 2 aromatic carbocycles. The van der Waals surface area contributed by atoms with E-state index in [0.717, 1.165) is 16.9 Å². The number of carbonyl (C=O) groups is 1. The Bertz CT molecular complexity index is 629. The lowest BCUT2D eigenvalue weighted by Gasteiger charge is -2.26. The van der Waals surface area contributed by atoms with E-state index in [0.29, 0.717) is 6.42 Å². The molecule has 0 radical (unpaired) electrons. The second-order valence-electron chi connectivity index (χ2n) is 5.14. The molecule has 0 amide bonds. The minimum atomic E-state index is -0.145. The molecule has 96 valence electrons. The summed E-state index contributed by atoms with van der Waals surface area (Å²) in [6, 6.07) is 14.4. The summed E-state index contributed by atoms with van der Waals surface area (Å²) in [5.74, 6) is 0.708. The Morgan fingerprint density at radius 3 is 2.58 bits per heavy atom. The number of hydrogen-bond donors (Lipinski definition) is 0. The summed E-state index contributed by atoms with van der Waals surface area (Å²) >= 11 is 0. The fraction of sp³-hybridized carbons (Fsp3) is 0.235. The van der Waals surface area contributed by atoms with Crippen molar-refractivity contribution in [2.75, 3.05) is 0 Å². The molecule has 19 heavy (non-hydrogen) atoms. The van der Waals surface area contributed by atoms with Crippen LogP contribution in [0.3, 0.4) is 0 Å². The smallest absolute Gasteiger partial charge is 0.312 e. The quantitative estimate of drug-likeness (QED) is 0.571. The van der Waals surface area contributed by atoms with E-state index in [1.807, 2.05) is 25.1 Å². The van der Waals surface area contributed by atoms with Crippen LogP contribution in [0.15, 0.2) is 42.5 Å². The zero-order valence-corrected chi connectivity index (χ0v) is 11.1. The van der Waals surface area contributed by atoms with Crippen LogP contribution in [0, 0.1) is 13.8 Å². The molecule has 0 aliphatic carbocycles. The Morgan fingerprint density at radius 1 is 1.11 bits per heavy atom. The first-order valence-electron chi connectivity index (χ1n) is 6.52. The molecular weight excluding hydrogens is 236 g/mol. The molecule has 0 N–H and O–H groups in total. The van der Waals surface area contributed by atoms with Crippen LogP contribution in [0.2, 0.25) is 0 Å². The Morgan fingerprint density at radius 2 is 1.84 bits per heavy atom. The molecule has 0 saturated carbocycles. The van der Waals surface area contributed by atoms with Crippen molar-refractivity contribution < 1.29 is 9.53 Å². The minimum Gasteiger partial charge on any atom is -0.426 e. The van der Waals surface area contributed by atoms with E-state index in [2.05, 4.69) is 31.2 Å². The van der Waals surface area contributed by atoms with Crippen LogP contribution in [0.5, 0.6) is 5.75 Å². The number of carbonyl (C=O) groups excluding carboxylic acids is 1. The van der Waals surface area contributed by atoms with Gasteiger partial charge in [0, 0.05) is 11.5 Å². The van der Waals surface area contributed by atoms with Crippen molar-refractivity contribution in [3.8, 4) is 5.75 Å². The van der Waals surface area contributed by atoms with Gasteiger partial charge < -0.3 is 4.74 Å². The minimum absolute atomic E-state index is 0.107. The summed E-state index contributed by atoms with van der Waals surface area (Å²) in [7, 11) is 0. The normalized spacial score (nSPS) is 17.8. The van der Waals surface area contributed by atoms with Gasteiger partial charge in [0.15, 0.2) is 0 Å². The topological polar surface area (TPSA) is 26.3 Å². The first-order chi connectivity index (χ1) is 9.15. The summed E-state index contributed by atoms with van der Waals surface area (Å²) in [6.45, 7) is 4.07. The third-order valence-corrected chi connectivity index (χ3v) is 3.61. The van der Waals surface area contributed by atoms with Gasteiger partial charge in [-0.2, -0.15) is 0 Å². The summed E-state index contributed by atoms with van der Waals surface area (Å²) in [4.78, 5) is 11.8. The third kappa shape index (κ3) is 2.14. The molecule has 1 aliphatic rings. The number of aryl methyl sites for hydroxylation is 2. The molecule has 2 nitrogen and oxygen atoms in total. The average molecular weight is 252 g/mol. The number of esters is 1. The molecule has 1 atom stereocenters. The number of ether oxygens (including phenoxy) is 1. The Kier molecular flexibility index (Phi) is 2.86. The van der Waals surface area contributed by atoms with Crippen LogP contribution in [0.1, 0.15) is 34.6 Å². The van der Waals surface area contributed by atoms with Crippen molar-refractivity contribution in [2.24, 2.45) is 0 Å². The van der Waals surface area contributed by atoms with Gasteiger partial charge in [-0.1, -0.05) is 48.0 Å². The monoisotopic (exact) mass is 252 g/mol. The first-order valence-corrected chi connectivity index (χ1v) is 6.52. The van der Waals surface area contributed by atoms with Crippen LogP contribution >= 0.6 is 0 Å². The maximum Gasteiger partial charge on any atom is 0.312 e. The van der Waals surface area contributed by atoms with Crippen molar-refractivity contribution in [3.05, 3.63) is 64.7 Å². The largest absolute Gasteiger partial charge is 0.426 e. The van der Waals surface area contributed by atoms with Crippen LogP contribution in [-0.4, -0.2) is 5.97 Å². The molecule has 2 heteroatoms. The number of fused-ring (bicyclic) bond motifs is 1. The second-order valence-corrected chi connectivity index (χ2v) is 5.14. The van der Waals surface area contributed by atoms with Gasteiger partial charge >= 0.3 is 5.97 Å². The predicted octanol–water partition coefficient (Wildman–Crippen LogP) is 3.74. The summed E-state index contributed by atoms with van der Waals surface area (Å²) in [5, 5.41) is 0. The number of rotatable bonds is 1. The third-order valence-electron chi connectivity index (χ3n) is 3.61. The standard InChI is InChI=1S/C17H16O2/c1-11-8-12(2)17-15(9-11)14(10-16(18)19-17)13-6-4-3-5-7-13/h3-9,14H,10H2,1-2H3. The second kappa shape index (κ2) is 4.54. The van der Waals surface area contributed by atoms with E-state index < -0.39 is 0 Å². The van der Waals surface area contributed by atoms with E-state index in [1.54, 1.807) is 0 Å². The van der Waals surface area contributed by atoms with Gasteiger partial charge in [0.1, 0.15) is 5.75 Å². The molecule has 0 bridgehead atoms. The number of benzene rings is 2. The van der Waals surface area contributed by atoms with Crippen molar-refractivity contribution in [1.82, 2.24) is 0 Å². The lowest BCUT2D eigenvalue weighted by Crippen LogP contribution is -2.21. The van der Waals surface area contributed by atoms with Crippen LogP contribution in [0.4, 0.5) is 0 Å². The van der Waals surface area contributed by atoms with Crippen LogP contribution in [0.25, 0.3) is 0 Å². The van der Waals surface area contributed by atoms with Gasteiger partial charge in [-0.3, -0.25) is 4.79 Å². The SMILES string of the molecule is Cc1cc(C)c2c(c1)C(c1ccccc1)CC(=O)O2. The molecule has 1 aliphatic heterocycles. The van der Waals surface area contributed by atoms with Crippen molar-refractivity contribution in [2.45, 2.75) is 26.2 Å². The predicted molar refractivity (Wildman–Crippen MR) is 74.5 cm³/mol.